The maximum atomic E-state index is 13.5. The number of likely N-dealkylation sites (N-methyl/N-ethyl adjacent to an activating group) is 1. The first kappa shape index (κ1) is 25.6. The van der Waals surface area contributed by atoms with E-state index in [0.717, 1.165) is 4.90 Å². The molecule has 1 aliphatic heterocycles. The molecule has 1 atom stereocenters. The largest absolute Gasteiger partial charge is 0.377 e. The quantitative estimate of drug-likeness (QED) is 0.292. The summed E-state index contributed by atoms with van der Waals surface area (Å²) in [5.41, 5.74) is -2.10. The number of carbonyl (C=O) groups excluding carboxylic acids is 3. The van der Waals surface area contributed by atoms with Crippen molar-refractivity contribution in [1.82, 2.24) is 15.3 Å². The maximum absolute atomic E-state index is 13.5. The van der Waals surface area contributed by atoms with Crippen molar-refractivity contribution in [3.05, 3.63) is 53.6 Å². The van der Waals surface area contributed by atoms with Gasteiger partial charge in [0.25, 0.3) is 11.8 Å². The Balaban J connectivity index is 2.06. The number of halogens is 1. The van der Waals surface area contributed by atoms with Crippen molar-refractivity contribution in [2.75, 3.05) is 19.3 Å². The minimum absolute atomic E-state index is 0.0988. The van der Waals surface area contributed by atoms with Crippen LogP contribution in [0.15, 0.2) is 53.4 Å². The second-order valence-corrected chi connectivity index (χ2v) is 10.9. The molecule has 3 N–H and O–H groups in total. The molecule has 0 aromatic heterocycles. The number of nitrogens with zero attached hydrogens (tertiary/aromatic N) is 2. The van der Waals surface area contributed by atoms with Crippen LogP contribution < -0.4 is 5.48 Å². The van der Waals surface area contributed by atoms with Gasteiger partial charge in [-0.05, 0) is 31.5 Å². The molecule has 0 bridgehead atoms. The van der Waals surface area contributed by atoms with Crippen LogP contribution in [0.4, 0.5) is 4.79 Å². The first-order chi connectivity index (χ1) is 15.7. The third kappa shape index (κ3) is 4.51. The summed E-state index contributed by atoms with van der Waals surface area (Å²) in [6.45, 7) is 1.94. The van der Waals surface area contributed by atoms with Crippen molar-refractivity contribution in [3.8, 4) is 11.1 Å². The van der Waals surface area contributed by atoms with E-state index in [1.54, 1.807) is 30.3 Å². The minimum Gasteiger partial charge on any atom is -0.377 e. The molecule has 1 saturated heterocycles. The van der Waals surface area contributed by atoms with Gasteiger partial charge in [-0.25, -0.2) is 18.7 Å². The van der Waals surface area contributed by atoms with E-state index in [9.17, 15) is 33.1 Å². The Hall–Kier alpha value is -2.99. The number of rotatable bonds is 7. The number of sulfone groups is 1. The average Bonchev–Trinajstić information content (AvgIpc) is 2.93. The van der Waals surface area contributed by atoms with Gasteiger partial charge in [0, 0.05) is 17.6 Å². The van der Waals surface area contributed by atoms with Gasteiger partial charge in [-0.3, -0.25) is 19.7 Å². The molecule has 1 unspecified atom stereocenters. The number of imide groups is 1. The van der Waals surface area contributed by atoms with E-state index in [2.05, 4.69) is 0 Å². The molecule has 1 fully saturated rings. The zero-order valence-corrected chi connectivity index (χ0v) is 20.2. The van der Waals surface area contributed by atoms with Crippen LogP contribution in [-0.4, -0.2) is 76.9 Å². The van der Waals surface area contributed by atoms with E-state index in [4.69, 9.17) is 11.6 Å². The van der Waals surface area contributed by atoms with Crippen molar-refractivity contribution < 1.29 is 33.1 Å². The van der Waals surface area contributed by atoms with Gasteiger partial charge in [0.1, 0.15) is 5.54 Å². The lowest BCUT2D eigenvalue weighted by Gasteiger charge is -2.29. The molecule has 0 radical (unpaired) electrons. The Labute approximate surface area is 201 Å². The number of nitrogens with one attached hydrogen (secondary N) is 1. The molecular weight excluding hydrogens is 486 g/mol. The lowest BCUT2D eigenvalue weighted by molar-refractivity contribution is -0.149. The maximum Gasteiger partial charge on any atom is 0.327 e. The van der Waals surface area contributed by atoms with Crippen molar-refractivity contribution in [2.24, 2.45) is 0 Å². The Bertz CT molecular complexity index is 1250. The lowest BCUT2D eigenvalue weighted by Crippen LogP contribution is -2.58. The van der Waals surface area contributed by atoms with Crippen molar-refractivity contribution in [3.63, 3.8) is 0 Å². The van der Waals surface area contributed by atoms with Crippen molar-refractivity contribution >= 4 is 39.3 Å². The summed E-state index contributed by atoms with van der Waals surface area (Å²) >= 11 is 6.05. The molecule has 2 aromatic rings. The van der Waals surface area contributed by atoms with Crippen LogP contribution in [0.5, 0.6) is 0 Å². The highest BCUT2D eigenvalue weighted by atomic mass is 35.5. The molecule has 2 aromatic carbocycles. The third-order valence-electron chi connectivity index (χ3n) is 5.86. The van der Waals surface area contributed by atoms with Gasteiger partial charge < -0.3 is 10.0 Å². The van der Waals surface area contributed by atoms with E-state index in [1.807, 2.05) is 0 Å². The van der Waals surface area contributed by atoms with Gasteiger partial charge in [-0.1, -0.05) is 48.0 Å². The van der Waals surface area contributed by atoms with Gasteiger partial charge in [-0.2, -0.15) is 0 Å². The van der Waals surface area contributed by atoms with Gasteiger partial charge >= 0.3 is 6.03 Å². The third-order valence-corrected chi connectivity index (χ3v) is 7.96. The van der Waals surface area contributed by atoms with Crippen LogP contribution in [0.2, 0.25) is 5.02 Å². The first-order valence-electron chi connectivity index (χ1n) is 10.1. The number of hydrogen-bond donors (Lipinski definition) is 3. The van der Waals surface area contributed by atoms with Crippen LogP contribution in [0, 0.1) is 0 Å². The summed E-state index contributed by atoms with van der Waals surface area (Å²) in [6, 6.07) is 11.8. The zero-order valence-electron chi connectivity index (χ0n) is 18.6. The Morgan fingerprint density at radius 3 is 2.29 bits per heavy atom. The van der Waals surface area contributed by atoms with Crippen molar-refractivity contribution in [1.29, 1.82) is 0 Å². The van der Waals surface area contributed by atoms with Crippen LogP contribution in [-0.2, 0) is 19.4 Å². The molecule has 0 saturated carbocycles. The van der Waals surface area contributed by atoms with E-state index < -0.39 is 51.1 Å². The van der Waals surface area contributed by atoms with Crippen molar-refractivity contribution in [2.45, 2.75) is 29.9 Å². The SMILES string of the molecule is CN1C(=O)N(CC(O)(CS(=O)(=O)c2cc(Cl)ccc2-c2ccccc2)C(=O)NO)C(=O)C1(C)C. The van der Waals surface area contributed by atoms with Crippen LogP contribution in [0.1, 0.15) is 13.8 Å². The Morgan fingerprint density at radius 1 is 1.15 bits per heavy atom. The van der Waals surface area contributed by atoms with Crippen LogP contribution in [0.3, 0.4) is 0 Å². The normalized spacial score (nSPS) is 17.6. The molecule has 182 valence electrons. The number of amides is 4. The topological polar surface area (TPSA) is 144 Å². The summed E-state index contributed by atoms with van der Waals surface area (Å²) in [5.74, 6) is -3.48. The first-order valence-corrected chi connectivity index (χ1v) is 12.1. The number of benzene rings is 2. The average molecular weight is 510 g/mol. The van der Waals surface area contributed by atoms with E-state index in [-0.39, 0.29) is 15.5 Å². The summed E-state index contributed by atoms with van der Waals surface area (Å²) in [5, 5.41) is 20.4. The number of urea groups is 1. The Morgan fingerprint density at radius 2 is 1.76 bits per heavy atom. The fraction of sp³-hybridized carbons (Fsp3) is 0.318. The summed E-state index contributed by atoms with van der Waals surface area (Å²) < 4.78 is 26.9. The summed E-state index contributed by atoms with van der Waals surface area (Å²) in [4.78, 5) is 39.2. The summed E-state index contributed by atoms with van der Waals surface area (Å²) in [7, 11) is -3.10. The molecule has 3 rings (SSSR count). The zero-order chi connectivity index (χ0) is 25.5. The highest BCUT2D eigenvalue weighted by molar-refractivity contribution is 7.91. The highest BCUT2D eigenvalue weighted by Crippen LogP contribution is 2.33. The standard InChI is InChI=1S/C22H24ClN3O7S/c1-21(2)19(28)26(20(29)25(21)3)12-22(30,18(27)24-31)13-34(32,33)17-11-15(23)9-10-16(17)14-7-5-4-6-8-14/h4-11,30-31H,12-13H2,1-3H3,(H,24,27). The second kappa shape index (κ2) is 8.99. The molecule has 1 heterocycles. The summed E-state index contributed by atoms with van der Waals surface area (Å²) in [6.07, 6.45) is 0. The smallest absolute Gasteiger partial charge is 0.327 e. The Kier molecular flexibility index (Phi) is 6.78. The van der Waals surface area contributed by atoms with Crippen LogP contribution >= 0.6 is 11.6 Å². The van der Waals surface area contributed by atoms with E-state index in [1.165, 1.54) is 44.6 Å². The predicted molar refractivity (Wildman–Crippen MR) is 123 cm³/mol. The molecule has 0 aliphatic carbocycles. The second-order valence-electron chi connectivity index (χ2n) is 8.53. The molecule has 1 aliphatic rings. The van der Waals surface area contributed by atoms with Gasteiger partial charge in [-0.15, -0.1) is 0 Å². The minimum atomic E-state index is -4.46. The fourth-order valence-electron chi connectivity index (χ4n) is 3.67. The van der Waals surface area contributed by atoms with E-state index in [0.29, 0.717) is 10.5 Å². The highest BCUT2D eigenvalue weighted by Gasteiger charge is 2.54. The van der Waals surface area contributed by atoms with Crippen LogP contribution in [0.25, 0.3) is 11.1 Å². The number of β-amino-alcohol motifs (C(OH)–C–C–N with tert-alkyl or cyclic N) is 1. The number of hydrogen-bond acceptors (Lipinski definition) is 7. The molecule has 12 heteroatoms. The predicted octanol–water partition coefficient (Wildman–Crippen LogP) is 1.69. The molecule has 4 amide bonds. The molecular formula is C22H24ClN3O7S. The lowest BCUT2D eigenvalue weighted by atomic mass is 10.0. The fourth-order valence-corrected chi connectivity index (χ4v) is 5.74. The van der Waals surface area contributed by atoms with Gasteiger partial charge in [0.2, 0.25) is 0 Å². The number of carbonyl (C=O) groups is 3. The molecule has 10 nitrogen and oxygen atoms in total. The van der Waals surface area contributed by atoms with Gasteiger partial charge in [0.05, 0.1) is 17.2 Å². The monoisotopic (exact) mass is 509 g/mol. The molecule has 0 spiro atoms. The molecule has 34 heavy (non-hydrogen) atoms. The van der Waals surface area contributed by atoms with E-state index >= 15 is 0 Å². The number of aliphatic hydroxyl groups is 1. The number of hydroxylamine groups is 1. The van der Waals surface area contributed by atoms with Gasteiger partial charge in [0.15, 0.2) is 15.4 Å².